The largest absolute Gasteiger partial charge is 0.423 e. The minimum atomic E-state index is -0.736. The standard InChI is InChI=1S/C27H24O7/c1-16(2)25(29)32-21-11-7-19(8-12-21)9-13-22(28)20-10-14-23(33-26(30)17(3)4)24(15-20)34-27(31)18(5)6/h7-15H,1,3,5H2,2,4,6H3/b13-9+. The van der Waals surface area contributed by atoms with Crippen molar-refractivity contribution in [1.29, 1.82) is 0 Å². The lowest BCUT2D eigenvalue weighted by molar-refractivity contribution is -0.132. The second-order valence-corrected chi connectivity index (χ2v) is 7.44. The molecule has 7 nitrogen and oxygen atoms in total. The maximum atomic E-state index is 12.7. The first kappa shape index (κ1) is 25.7. The SMILES string of the molecule is C=C(C)C(=O)Oc1ccc(/C=C/C(=O)c2ccc(OC(=O)C(=C)C)c(OC(=O)C(=C)C)c2)cc1. The van der Waals surface area contributed by atoms with E-state index in [1.165, 1.54) is 38.1 Å². The van der Waals surface area contributed by atoms with Gasteiger partial charge in [-0.2, -0.15) is 0 Å². The van der Waals surface area contributed by atoms with Gasteiger partial charge in [0.25, 0.3) is 0 Å². The number of esters is 3. The van der Waals surface area contributed by atoms with Gasteiger partial charge in [-0.15, -0.1) is 0 Å². The Morgan fingerprint density at radius 2 is 1.18 bits per heavy atom. The molecule has 0 atom stereocenters. The number of carbonyl (C=O) groups excluding carboxylic acids is 4. The molecule has 0 aliphatic rings. The summed E-state index contributed by atoms with van der Waals surface area (Å²) in [6.07, 6.45) is 2.90. The van der Waals surface area contributed by atoms with Crippen molar-refractivity contribution in [2.45, 2.75) is 20.8 Å². The summed E-state index contributed by atoms with van der Waals surface area (Å²) in [6, 6.07) is 10.6. The summed E-state index contributed by atoms with van der Waals surface area (Å²) in [6.45, 7) is 15.0. The molecule has 0 aliphatic carbocycles. The van der Waals surface area contributed by atoms with Gasteiger partial charge in [0.2, 0.25) is 0 Å². The van der Waals surface area contributed by atoms with E-state index >= 15 is 0 Å². The van der Waals surface area contributed by atoms with Crippen molar-refractivity contribution in [3.8, 4) is 17.2 Å². The predicted molar refractivity (Wildman–Crippen MR) is 128 cm³/mol. The Kier molecular flexibility index (Phi) is 8.61. The molecule has 0 saturated heterocycles. The van der Waals surface area contributed by atoms with Gasteiger partial charge in [0, 0.05) is 22.3 Å². The van der Waals surface area contributed by atoms with E-state index < -0.39 is 17.9 Å². The fourth-order valence-electron chi connectivity index (χ4n) is 2.31. The van der Waals surface area contributed by atoms with Crippen LogP contribution in [0.2, 0.25) is 0 Å². The Hall–Kier alpha value is -4.52. The van der Waals surface area contributed by atoms with Crippen LogP contribution in [0.15, 0.2) is 85.0 Å². The Labute approximate surface area is 197 Å². The molecule has 0 fully saturated rings. The molecule has 2 rings (SSSR count). The molecule has 0 aliphatic heterocycles. The Balaban J connectivity index is 2.23. The summed E-state index contributed by atoms with van der Waals surface area (Å²) in [7, 11) is 0. The summed E-state index contributed by atoms with van der Waals surface area (Å²) < 4.78 is 15.5. The Bertz CT molecular complexity index is 1210. The van der Waals surface area contributed by atoms with Gasteiger partial charge in [0.1, 0.15) is 5.75 Å². The lowest BCUT2D eigenvalue weighted by Crippen LogP contribution is -2.13. The fraction of sp³-hybridized carbons (Fsp3) is 0.111. The highest BCUT2D eigenvalue weighted by Crippen LogP contribution is 2.30. The van der Waals surface area contributed by atoms with E-state index in [4.69, 9.17) is 14.2 Å². The van der Waals surface area contributed by atoms with Gasteiger partial charge in [-0.05, 0) is 62.7 Å². The van der Waals surface area contributed by atoms with E-state index in [0.717, 1.165) is 0 Å². The summed E-state index contributed by atoms with van der Waals surface area (Å²) >= 11 is 0. The topological polar surface area (TPSA) is 96.0 Å². The van der Waals surface area contributed by atoms with E-state index in [-0.39, 0.29) is 39.6 Å². The Morgan fingerprint density at radius 1 is 0.676 bits per heavy atom. The number of hydrogen-bond acceptors (Lipinski definition) is 7. The van der Waals surface area contributed by atoms with Crippen LogP contribution in [0.25, 0.3) is 6.08 Å². The van der Waals surface area contributed by atoms with Crippen molar-refractivity contribution in [1.82, 2.24) is 0 Å². The third-order valence-corrected chi connectivity index (χ3v) is 4.20. The second kappa shape index (κ2) is 11.4. The number of hydrogen-bond donors (Lipinski definition) is 0. The predicted octanol–water partition coefficient (Wildman–Crippen LogP) is 5.03. The van der Waals surface area contributed by atoms with Crippen LogP contribution in [0.4, 0.5) is 0 Å². The summed E-state index contributed by atoms with van der Waals surface area (Å²) in [5, 5.41) is 0. The molecular formula is C27H24O7. The van der Waals surface area contributed by atoms with Crippen LogP contribution in [0.3, 0.4) is 0 Å². The second-order valence-electron chi connectivity index (χ2n) is 7.44. The average molecular weight is 460 g/mol. The van der Waals surface area contributed by atoms with Gasteiger partial charge in [0.05, 0.1) is 0 Å². The highest BCUT2D eigenvalue weighted by molar-refractivity contribution is 6.07. The van der Waals surface area contributed by atoms with Gasteiger partial charge >= 0.3 is 17.9 Å². The summed E-state index contributed by atoms with van der Waals surface area (Å²) in [5.74, 6) is -2.15. The maximum Gasteiger partial charge on any atom is 0.338 e. The number of ether oxygens (including phenoxy) is 3. The fourth-order valence-corrected chi connectivity index (χ4v) is 2.31. The molecule has 0 bridgehead atoms. The lowest BCUT2D eigenvalue weighted by atomic mass is 10.1. The van der Waals surface area contributed by atoms with Crippen LogP contribution < -0.4 is 14.2 Å². The quantitative estimate of drug-likeness (QED) is 0.224. The zero-order chi connectivity index (χ0) is 25.4. The molecule has 174 valence electrons. The first-order valence-corrected chi connectivity index (χ1v) is 10.1. The molecular weight excluding hydrogens is 436 g/mol. The van der Waals surface area contributed by atoms with E-state index in [1.54, 1.807) is 37.3 Å². The molecule has 0 saturated carbocycles. The third kappa shape index (κ3) is 7.27. The zero-order valence-corrected chi connectivity index (χ0v) is 19.2. The smallest absolute Gasteiger partial charge is 0.338 e. The minimum Gasteiger partial charge on any atom is -0.423 e. The molecule has 2 aromatic rings. The van der Waals surface area contributed by atoms with Gasteiger partial charge in [-0.1, -0.05) is 37.9 Å². The van der Waals surface area contributed by atoms with Crippen molar-refractivity contribution in [3.63, 3.8) is 0 Å². The molecule has 0 spiro atoms. The van der Waals surface area contributed by atoms with Crippen LogP contribution in [0, 0.1) is 0 Å². The van der Waals surface area contributed by atoms with Crippen LogP contribution in [-0.4, -0.2) is 23.7 Å². The molecule has 7 heteroatoms. The molecule has 2 aromatic carbocycles. The van der Waals surface area contributed by atoms with Crippen molar-refractivity contribution < 1.29 is 33.4 Å². The average Bonchev–Trinajstić information content (AvgIpc) is 2.79. The van der Waals surface area contributed by atoms with Crippen LogP contribution >= 0.6 is 0 Å². The van der Waals surface area contributed by atoms with Crippen molar-refractivity contribution >= 4 is 29.8 Å². The minimum absolute atomic E-state index is 0.0389. The summed E-state index contributed by atoms with van der Waals surface area (Å²) in [5.41, 5.74) is 1.45. The third-order valence-electron chi connectivity index (χ3n) is 4.20. The van der Waals surface area contributed by atoms with Gasteiger partial charge < -0.3 is 14.2 Å². The van der Waals surface area contributed by atoms with Crippen LogP contribution in [-0.2, 0) is 14.4 Å². The number of carbonyl (C=O) groups is 4. The monoisotopic (exact) mass is 460 g/mol. The number of allylic oxidation sites excluding steroid dienone is 1. The van der Waals surface area contributed by atoms with Crippen molar-refractivity contribution in [3.05, 3.63) is 96.1 Å². The molecule has 0 aromatic heterocycles. The normalized spacial score (nSPS) is 10.3. The van der Waals surface area contributed by atoms with Crippen molar-refractivity contribution in [2.75, 3.05) is 0 Å². The van der Waals surface area contributed by atoms with Crippen LogP contribution in [0.1, 0.15) is 36.7 Å². The number of benzene rings is 2. The van der Waals surface area contributed by atoms with Crippen molar-refractivity contribution in [2.24, 2.45) is 0 Å². The first-order valence-electron chi connectivity index (χ1n) is 10.1. The van der Waals surface area contributed by atoms with Gasteiger partial charge in [-0.3, -0.25) is 4.79 Å². The Morgan fingerprint density at radius 3 is 1.71 bits per heavy atom. The van der Waals surface area contributed by atoms with E-state index in [2.05, 4.69) is 19.7 Å². The number of rotatable bonds is 9. The molecule has 0 heterocycles. The zero-order valence-electron chi connectivity index (χ0n) is 19.2. The van der Waals surface area contributed by atoms with E-state index in [9.17, 15) is 19.2 Å². The summed E-state index contributed by atoms with van der Waals surface area (Å²) in [4.78, 5) is 48.1. The molecule has 34 heavy (non-hydrogen) atoms. The highest BCUT2D eigenvalue weighted by Gasteiger charge is 2.17. The highest BCUT2D eigenvalue weighted by atomic mass is 16.6. The molecule has 0 unspecified atom stereocenters. The van der Waals surface area contributed by atoms with E-state index in [0.29, 0.717) is 11.3 Å². The first-order chi connectivity index (χ1) is 16.0. The molecule has 0 N–H and O–H groups in total. The van der Waals surface area contributed by atoms with Gasteiger partial charge in [-0.25, -0.2) is 14.4 Å². The lowest BCUT2D eigenvalue weighted by Gasteiger charge is -2.11. The molecule has 0 amide bonds. The van der Waals surface area contributed by atoms with Crippen LogP contribution in [0.5, 0.6) is 17.2 Å². The number of ketones is 1. The van der Waals surface area contributed by atoms with Gasteiger partial charge in [0.15, 0.2) is 17.3 Å². The maximum absolute atomic E-state index is 12.7. The van der Waals surface area contributed by atoms with E-state index in [1.807, 2.05) is 0 Å². The molecule has 0 radical (unpaired) electrons.